The van der Waals surface area contributed by atoms with Crippen LogP contribution in [0.4, 0.5) is 0 Å². The number of aliphatic hydroxyl groups is 5. The third kappa shape index (κ3) is 3.42. The van der Waals surface area contributed by atoms with Crippen LogP contribution in [0.15, 0.2) is 0 Å². The molecule has 0 unspecified atom stereocenters. The molecule has 0 bridgehead atoms. The van der Waals surface area contributed by atoms with E-state index in [1.54, 1.807) is 0 Å². The van der Waals surface area contributed by atoms with Crippen LogP contribution in [0.2, 0.25) is 0 Å². The van der Waals surface area contributed by atoms with Gasteiger partial charge in [0.15, 0.2) is 6.29 Å². The maximum atomic E-state index is 10.5. The second kappa shape index (κ2) is 6.86. The van der Waals surface area contributed by atoms with Gasteiger partial charge in [0, 0.05) is 0 Å². The van der Waals surface area contributed by atoms with E-state index in [4.69, 9.17) is 18.9 Å². The maximum Gasteiger partial charge on any atom is 0.294 e. The first-order valence-corrected chi connectivity index (χ1v) is 7.51. The van der Waals surface area contributed by atoms with Crippen LogP contribution in [0.5, 0.6) is 0 Å². The standard InChI is InChI=1S/C12H19NO12/c14-4-1-21-10-9(4)22-3-12(10,18)25-11-8(17)7(16)6(15)5(24-11)2-23-13(19)20/h4-11,14-18H,1-3H2/t4-,5-,6-,7+,8+,9-,10+,11+,12+/m1/s1. The lowest BCUT2D eigenvalue weighted by molar-refractivity contribution is -0.760. The van der Waals surface area contributed by atoms with Gasteiger partial charge in [-0.15, -0.1) is 10.1 Å². The summed E-state index contributed by atoms with van der Waals surface area (Å²) in [6.07, 6.45) is -11.1. The summed E-state index contributed by atoms with van der Waals surface area (Å²) in [4.78, 5) is 14.4. The van der Waals surface area contributed by atoms with Gasteiger partial charge in [0.25, 0.3) is 5.09 Å². The van der Waals surface area contributed by atoms with Gasteiger partial charge in [0.2, 0.25) is 5.79 Å². The Balaban J connectivity index is 1.69. The number of nitrogens with zero attached hydrogens (tertiary/aromatic N) is 1. The number of fused-ring (bicyclic) bond motifs is 1. The fourth-order valence-electron chi connectivity index (χ4n) is 3.06. The van der Waals surface area contributed by atoms with Crippen molar-refractivity contribution in [2.24, 2.45) is 0 Å². The summed E-state index contributed by atoms with van der Waals surface area (Å²) < 4.78 is 20.9. The van der Waals surface area contributed by atoms with Crippen LogP contribution < -0.4 is 0 Å². The quantitative estimate of drug-likeness (QED) is 0.179. The fraction of sp³-hybridized carbons (Fsp3) is 1.00. The van der Waals surface area contributed by atoms with Crippen molar-refractivity contribution >= 4 is 0 Å². The fourth-order valence-corrected chi connectivity index (χ4v) is 3.06. The van der Waals surface area contributed by atoms with Crippen LogP contribution in [0.1, 0.15) is 0 Å². The average Bonchev–Trinajstić information content (AvgIpc) is 3.09. The predicted octanol–water partition coefficient (Wildman–Crippen LogP) is -4.13. The van der Waals surface area contributed by atoms with Gasteiger partial charge in [0.1, 0.15) is 55.9 Å². The van der Waals surface area contributed by atoms with Crippen LogP contribution in [-0.4, -0.2) is 105 Å². The van der Waals surface area contributed by atoms with Crippen molar-refractivity contribution in [3.8, 4) is 0 Å². The Bertz CT molecular complexity index is 506. The first-order chi connectivity index (χ1) is 11.7. The second-order valence-electron chi connectivity index (χ2n) is 6.09. The lowest BCUT2D eigenvalue weighted by atomic mass is 9.99. The van der Waals surface area contributed by atoms with Crippen molar-refractivity contribution in [3.05, 3.63) is 10.1 Å². The Morgan fingerprint density at radius 1 is 1.16 bits per heavy atom. The van der Waals surface area contributed by atoms with Crippen LogP contribution in [0, 0.1) is 10.1 Å². The van der Waals surface area contributed by atoms with Gasteiger partial charge in [-0.25, -0.2) is 0 Å². The summed E-state index contributed by atoms with van der Waals surface area (Å²) in [5.74, 6) is -2.09. The van der Waals surface area contributed by atoms with E-state index in [1.165, 1.54) is 0 Å². The molecule has 3 aliphatic heterocycles. The first kappa shape index (κ1) is 18.6. The van der Waals surface area contributed by atoms with E-state index < -0.39 is 73.1 Å². The lowest BCUT2D eigenvalue weighted by Crippen LogP contribution is -2.62. The van der Waals surface area contributed by atoms with Crippen molar-refractivity contribution in [2.75, 3.05) is 19.8 Å². The molecule has 9 atom stereocenters. The van der Waals surface area contributed by atoms with Gasteiger partial charge in [-0.1, -0.05) is 0 Å². The number of ether oxygens (including phenoxy) is 4. The Labute approximate surface area is 140 Å². The molecule has 3 fully saturated rings. The Morgan fingerprint density at radius 2 is 1.88 bits per heavy atom. The summed E-state index contributed by atoms with van der Waals surface area (Å²) in [5, 5.41) is 59.1. The number of hydrogen-bond acceptors (Lipinski definition) is 12. The van der Waals surface area contributed by atoms with Crippen molar-refractivity contribution in [1.29, 1.82) is 0 Å². The molecule has 0 aromatic rings. The van der Waals surface area contributed by atoms with Gasteiger partial charge in [0.05, 0.1) is 6.61 Å². The van der Waals surface area contributed by atoms with Gasteiger partial charge < -0.3 is 49.3 Å². The van der Waals surface area contributed by atoms with Crippen molar-refractivity contribution in [3.63, 3.8) is 0 Å². The minimum Gasteiger partial charge on any atom is -0.388 e. The third-order valence-electron chi connectivity index (χ3n) is 4.38. The molecule has 0 radical (unpaired) electrons. The van der Waals surface area contributed by atoms with Crippen LogP contribution in [0.25, 0.3) is 0 Å². The van der Waals surface area contributed by atoms with E-state index >= 15 is 0 Å². The molecule has 0 amide bonds. The molecule has 3 heterocycles. The van der Waals surface area contributed by atoms with E-state index in [0.717, 1.165) is 0 Å². The first-order valence-electron chi connectivity index (χ1n) is 7.51. The molecule has 0 saturated carbocycles. The zero-order chi connectivity index (χ0) is 18.4. The lowest BCUT2D eigenvalue weighted by Gasteiger charge is -2.42. The molecular weight excluding hydrogens is 350 g/mol. The normalized spacial score (nSPS) is 49.8. The molecule has 3 aliphatic rings. The number of rotatable bonds is 5. The average molecular weight is 369 g/mol. The molecule has 3 rings (SSSR count). The van der Waals surface area contributed by atoms with Gasteiger partial charge in [-0.2, -0.15) is 0 Å². The van der Waals surface area contributed by atoms with E-state index in [9.17, 15) is 35.6 Å². The van der Waals surface area contributed by atoms with Crippen LogP contribution in [-0.2, 0) is 23.8 Å². The Hall–Kier alpha value is -1.16. The highest BCUT2D eigenvalue weighted by Crippen LogP contribution is 2.37. The minimum atomic E-state index is -2.09. The maximum absolute atomic E-state index is 10.5. The largest absolute Gasteiger partial charge is 0.388 e. The molecule has 0 aromatic heterocycles. The van der Waals surface area contributed by atoms with Gasteiger partial charge in [-0.3, -0.25) is 0 Å². The Kier molecular flexibility index (Phi) is 5.11. The summed E-state index contributed by atoms with van der Waals surface area (Å²) in [6.45, 7) is -1.22. The molecule has 5 N–H and O–H groups in total. The molecule has 0 aliphatic carbocycles. The summed E-state index contributed by atoms with van der Waals surface area (Å²) in [6, 6.07) is 0. The zero-order valence-corrected chi connectivity index (χ0v) is 12.8. The van der Waals surface area contributed by atoms with Crippen molar-refractivity contribution in [2.45, 2.75) is 54.8 Å². The van der Waals surface area contributed by atoms with E-state index in [-0.39, 0.29) is 6.61 Å². The van der Waals surface area contributed by atoms with Gasteiger partial charge in [-0.05, 0) is 0 Å². The molecule has 0 aromatic carbocycles. The van der Waals surface area contributed by atoms with Crippen molar-refractivity contribution in [1.82, 2.24) is 0 Å². The molecule has 13 heteroatoms. The number of aliphatic hydroxyl groups excluding tert-OH is 4. The van der Waals surface area contributed by atoms with E-state index in [2.05, 4.69) is 4.84 Å². The highest BCUT2D eigenvalue weighted by Gasteiger charge is 2.59. The molecule has 13 nitrogen and oxygen atoms in total. The zero-order valence-electron chi connectivity index (χ0n) is 12.8. The second-order valence-corrected chi connectivity index (χ2v) is 6.09. The van der Waals surface area contributed by atoms with Crippen molar-refractivity contribution < 1.29 is 54.4 Å². The monoisotopic (exact) mass is 369 g/mol. The summed E-state index contributed by atoms with van der Waals surface area (Å²) in [5.41, 5.74) is 0. The van der Waals surface area contributed by atoms with Crippen LogP contribution in [0.3, 0.4) is 0 Å². The van der Waals surface area contributed by atoms with Gasteiger partial charge >= 0.3 is 0 Å². The summed E-state index contributed by atoms with van der Waals surface area (Å²) >= 11 is 0. The highest BCUT2D eigenvalue weighted by molar-refractivity contribution is 5.00. The Morgan fingerprint density at radius 3 is 2.56 bits per heavy atom. The molecule has 0 spiro atoms. The predicted molar refractivity (Wildman–Crippen MR) is 71.1 cm³/mol. The van der Waals surface area contributed by atoms with E-state index in [1.807, 2.05) is 0 Å². The summed E-state index contributed by atoms with van der Waals surface area (Å²) in [7, 11) is 0. The number of hydrogen-bond donors (Lipinski definition) is 5. The minimum absolute atomic E-state index is 0.0876. The topological polar surface area (TPSA) is 190 Å². The van der Waals surface area contributed by atoms with Crippen LogP contribution >= 0.6 is 0 Å². The third-order valence-corrected chi connectivity index (χ3v) is 4.38. The molecule has 144 valence electrons. The molecule has 3 saturated heterocycles. The molecule has 25 heavy (non-hydrogen) atoms. The highest BCUT2D eigenvalue weighted by atomic mass is 17.0. The molecular formula is C12H19NO12. The smallest absolute Gasteiger partial charge is 0.294 e. The SMILES string of the molecule is O=[N+]([O-])OC[C@H]1O[C@@H](O[C@@]2(O)CO[C@@H]3[C@H](O)CO[C@@H]32)[C@@H](O)[C@@H](O)[C@@H]1O. The van der Waals surface area contributed by atoms with E-state index in [0.29, 0.717) is 0 Å².